The van der Waals surface area contributed by atoms with Crippen molar-refractivity contribution in [2.45, 2.75) is 25.9 Å². The van der Waals surface area contributed by atoms with Crippen LogP contribution in [0.4, 0.5) is 5.82 Å². The molecular formula is C22H31N5O3. The van der Waals surface area contributed by atoms with Gasteiger partial charge in [0.05, 0.1) is 19.3 Å². The molecular weight excluding hydrogens is 382 g/mol. The van der Waals surface area contributed by atoms with Gasteiger partial charge in [-0.1, -0.05) is 18.2 Å². The predicted octanol–water partition coefficient (Wildman–Crippen LogP) is 1.19. The van der Waals surface area contributed by atoms with E-state index in [1.165, 1.54) is 14.7 Å². The maximum atomic E-state index is 12.6. The fourth-order valence-corrected chi connectivity index (χ4v) is 4.64. The number of para-hydroxylation sites is 1. The summed E-state index contributed by atoms with van der Waals surface area (Å²) in [4.78, 5) is 29.5. The van der Waals surface area contributed by atoms with E-state index < -0.39 is 0 Å². The van der Waals surface area contributed by atoms with Gasteiger partial charge in [-0.05, 0) is 37.9 Å². The number of nitrogens with zero attached hydrogens (tertiary/aromatic N) is 4. The normalized spacial score (nSPS) is 18.1. The third-order valence-corrected chi connectivity index (χ3v) is 6.42. The van der Waals surface area contributed by atoms with Gasteiger partial charge >= 0.3 is 5.69 Å². The summed E-state index contributed by atoms with van der Waals surface area (Å²) in [5.74, 6) is 2.22. The van der Waals surface area contributed by atoms with E-state index in [-0.39, 0.29) is 11.2 Å². The highest BCUT2D eigenvalue weighted by Gasteiger charge is 2.27. The number of ether oxygens (including phenoxy) is 1. The Morgan fingerprint density at radius 1 is 1.07 bits per heavy atom. The molecule has 2 aliphatic rings. The third kappa shape index (κ3) is 4.02. The lowest BCUT2D eigenvalue weighted by molar-refractivity contribution is 0.136. The van der Waals surface area contributed by atoms with E-state index in [4.69, 9.17) is 4.74 Å². The van der Waals surface area contributed by atoms with Crippen molar-refractivity contribution in [3.8, 4) is 5.75 Å². The SMILES string of the molecule is COc1ccccc1CN1CCC(CN2CNc3c(c(=O)n(C)c(=O)n3C)C2)CC1. The number of rotatable bonds is 5. The van der Waals surface area contributed by atoms with Crippen LogP contribution in [0.2, 0.25) is 0 Å². The van der Waals surface area contributed by atoms with Crippen molar-refractivity contribution in [2.75, 3.05) is 38.7 Å². The summed E-state index contributed by atoms with van der Waals surface area (Å²) in [6.07, 6.45) is 2.29. The lowest BCUT2D eigenvalue weighted by Crippen LogP contribution is -2.47. The Bertz CT molecular complexity index is 1020. The minimum atomic E-state index is -0.290. The molecule has 0 aliphatic carbocycles. The number of benzene rings is 1. The first-order valence-electron chi connectivity index (χ1n) is 10.6. The zero-order valence-electron chi connectivity index (χ0n) is 18.1. The molecule has 4 rings (SSSR count). The summed E-state index contributed by atoms with van der Waals surface area (Å²) in [6.45, 7) is 5.26. The summed E-state index contributed by atoms with van der Waals surface area (Å²) in [5.41, 5.74) is 1.43. The summed E-state index contributed by atoms with van der Waals surface area (Å²) in [5, 5.41) is 3.28. The molecule has 3 heterocycles. The van der Waals surface area contributed by atoms with Gasteiger partial charge in [0.15, 0.2) is 0 Å². The van der Waals surface area contributed by atoms with E-state index in [1.807, 2.05) is 12.1 Å². The van der Waals surface area contributed by atoms with Gasteiger partial charge in [0.25, 0.3) is 5.56 Å². The zero-order chi connectivity index (χ0) is 21.3. The Labute approximate surface area is 176 Å². The van der Waals surface area contributed by atoms with Gasteiger partial charge in [0.1, 0.15) is 11.6 Å². The highest BCUT2D eigenvalue weighted by molar-refractivity contribution is 5.45. The van der Waals surface area contributed by atoms with Crippen molar-refractivity contribution in [1.29, 1.82) is 0 Å². The Hall–Kier alpha value is -2.58. The smallest absolute Gasteiger partial charge is 0.332 e. The predicted molar refractivity (Wildman–Crippen MR) is 117 cm³/mol. The molecule has 1 aromatic carbocycles. The van der Waals surface area contributed by atoms with E-state index in [1.54, 1.807) is 21.2 Å². The van der Waals surface area contributed by atoms with Crippen LogP contribution in [0.3, 0.4) is 0 Å². The Morgan fingerprint density at radius 3 is 2.53 bits per heavy atom. The lowest BCUT2D eigenvalue weighted by Gasteiger charge is -2.37. The number of anilines is 1. The molecule has 30 heavy (non-hydrogen) atoms. The number of hydrogen-bond donors (Lipinski definition) is 1. The van der Waals surface area contributed by atoms with Crippen LogP contribution in [-0.2, 0) is 27.2 Å². The van der Waals surface area contributed by atoms with Crippen LogP contribution < -0.4 is 21.3 Å². The van der Waals surface area contributed by atoms with Crippen molar-refractivity contribution in [1.82, 2.24) is 18.9 Å². The van der Waals surface area contributed by atoms with Gasteiger partial charge in [-0.2, -0.15) is 0 Å². The number of nitrogens with one attached hydrogen (secondary N) is 1. The topological polar surface area (TPSA) is 71.7 Å². The molecule has 1 N–H and O–H groups in total. The fraction of sp³-hybridized carbons (Fsp3) is 0.545. The van der Waals surface area contributed by atoms with E-state index >= 15 is 0 Å². The van der Waals surface area contributed by atoms with Gasteiger partial charge in [-0.25, -0.2) is 4.79 Å². The molecule has 1 aromatic heterocycles. The lowest BCUT2D eigenvalue weighted by atomic mass is 9.95. The number of piperidine rings is 1. The number of aromatic nitrogens is 2. The fourth-order valence-electron chi connectivity index (χ4n) is 4.64. The molecule has 0 atom stereocenters. The van der Waals surface area contributed by atoms with Crippen LogP contribution >= 0.6 is 0 Å². The van der Waals surface area contributed by atoms with Gasteiger partial charge in [0, 0.05) is 39.3 Å². The van der Waals surface area contributed by atoms with E-state index in [9.17, 15) is 9.59 Å². The molecule has 0 radical (unpaired) electrons. The molecule has 1 saturated heterocycles. The monoisotopic (exact) mass is 413 g/mol. The van der Waals surface area contributed by atoms with Crippen LogP contribution in [0.15, 0.2) is 33.9 Å². The Morgan fingerprint density at radius 2 is 1.80 bits per heavy atom. The number of likely N-dealkylation sites (tertiary alicyclic amines) is 1. The van der Waals surface area contributed by atoms with E-state index in [0.717, 1.165) is 44.8 Å². The third-order valence-electron chi connectivity index (χ3n) is 6.42. The molecule has 0 unspecified atom stereocenters. The molecule has 2 aromatic rings. The second-order valence-electron chi connectivity index (χ2n) is 8.41. The van der Waals surface area contributed by atoms with Crippen LogP contribution in [0.5, 0.6) is 5.75 Å². The van der Waals surface area contributed by atoms with Crippen molar-refractivity contribution in [3.05, 3.63) is 56.2 Å². The number of hydrogen-bond acceptors (Lipinski definition) is 6. The molecule has 0 bridgehead atoms. The number of methoxy groups -OCH3 is 1. The van der Waals surface area contributed by atoms with E-state index in [2.05, 4.69) is 27.2 Å². The second kappa shape index (κ2) is 8.65. The van der Waals surface area contributed by atoms with Crippen LogP contribution in [-0.4, -0.2) is 52.3 Å². The largest absolute Gasteiger partial charge is 0.496 e. The first-order chi connectivity index (χ1) is 14.5. The van der Waals surface area contributed by atoms with E-state index in [0.29, 0.717) is 30.5 Å². The second-order valence-corrected chi connectivity index (χ2v) is 8.41. The van der Waals surface area contributed by atoms with Gasteiger partial charge < -0.3 is 10.1 Å². The summed E-state index contributed by atoms with van der Waals surface area (Å²) in [7, 11) is 4.98. The summed E-state index contributed by atoms with van der Waals surface area (Å²) < 4.78 is 8.21. The average Bonchev–Trinajstić information content (AvgIpc) is 2.78. The van der Waals surface area contributed by atoms with Crippen LogP contribution in [0.1, 0.15) is 24.0 Å². The van der Waals surface area contributed by atoms with Gasteiger partial charge in [-0.15, -0.1) is 0 Å². The molecule has 2 aliphatic heterocycles. The maximum Gasteiger partial charge on any atom is 0.332 e. The molecule has 0 saturated carbocycles. The zero-order valence-corrected chi connectivity index (χ0v) is 18.1. The minimum Gasteiger partial charge on any atom is -0.496 e. The number of fused-ring (bicyclic) bond motifs is 1. The highest BCUT2D eigenvalue weighted by atomic mass is 16.5. The van der Waals surface area contributed by atoms with Crippen LogP contribution in [0.25, 0.3) is 0 Å². The van der Waals surface area contributed by atoms with Crippen molar-refractivity contribution in [2.24, 2.45) is 20.0 Å². The first-order valence-corrected chi connectivity index (χ1v) is 10.6. The molecule has 8 heteroatoms. The molecule has 162 valence electrons. The van der Waals surface area contributed by atoms with Gasteiger partial charge in [0.2, 0.25) is 0 Å². The van der Waals surface area contributed by atoms with Crippen molar-refractivity contribution >= 4 is 5.82 Å². The minimum absolute atomic E-state index is 0.197. The van der Waals surface area contributed by atoms with Crippen molar-refractivity contribution in [3.63, 3.8) is 0 Å². The first kappa shape index (κ1) is 20.7. The Kier molecular flexibility index (Phi) is 5.97. The quantitative estimate of drug-likeness (QED) is 0.794. The molecule has 8 nitrogen and oxygen atoms in total. The average molecular weight is 414 g/mol. The van der Waals surface area contributed by atoms with Crippen LogP contribution in [0, 0.1) is 5.92 Å². The summed E-state index contributed by atoms with van der Waals surface area (Å²) in [6, 6.07) is 8.22. The molecule has 1 fully saturated rings. The molecule has 0 amide bonds. The van der Waals surface area contributed by atoms with Crippen molar-refractivity contribution < 1.29 is 4.74 Å². The molecule has 0 spiro atoms. The van der Waals surface area contributed by atoms with Gasteiger partial charge in [-0.3, -0.25) is 23.7 Å². The summed E-state index contributed by atoms with van der Waals surface area (Å²) >= 11 is 0. The maximum absolute atomic E-state index is 12.6. The highest BCUT2D eigenvalue weighted by Crippen LogP contribution is 2.25. The standard InChI is InChI=1S/C22H31N5O3/c1-24-20-18(21(28)25(2)22(24)29)14-27(15-23-20)12-16-8-10-26(11-9-16)13-17-6-4-5-7-19(17)30-3/h4-7,16,23H,8-15H2,1-3H3. The Balaban J connectivity index is 1.34.